The summed E-state index contributed by atoms with van der Waals surface area (Å²) in [4.78, 5) is 15.5. The van der Waals surface area contributed by atoms with Gasteiger partial charge in [0, 0.05) is 18.8 Å². The quantitative estimate of drug-likeness (QED) is 0.733. The van der Waals surface area contributed by atoms with Crippen LogP contribution in [0, 0.1) is 0 Å². The van der Waals surface area contributed by atoms with Crippen molar-refractivity contribution in [1.82, 2.24) is 4.98 Å². The third-order valence-electron chi connectivity index (χ3n) is 2.10. The van der Waals surface area contributed by atoms with E-state index in [4.69, 9.17) is 4.42 Å². The molecule has 0 N–H and O–H groups in total. The zero-order valence-corrected chi connectivity index (χ0v) is 8.67. The lowest BCUT2D eigenvalue weighted by molar-refractivity contribution is -0.113. The number of carbonyl (C=O) groups is 1. The van der Waals surface area contributed by atoms with Gasteiger partial charge in [0.1, 0.15) is 0 Å². The lowest BCUT2D eigenvalue weighted by atomic mass is 10.1. The van der Waals surface area contributed by atoms with Crippen LogP contribution in [0.2, 0.25) is 0 Å². The molecular weight excluding hydrogens is 202 g/mol. The lowest BCUT2D eigenvalue weighted by Crippen LogP contribution is -1.96. The van der Waals surface area contributed by atoms with Gasteiger partial charge in [0.25, 0.3) is 0 Å². The number of carbonyl (C=O) groups excluding carboxylic acids is 1. The fourth-order valence-electron chi connectivity index (χ4n) is 1.32. The van der Waals surface area contributed by atoms with Crippen LogP contribution in [0.25, 0.3) is 6.08 Å². The van der Waals surface area contributed by atoms with Gasteiger partial charge in [-0.25, -0.2) is 0 Å². The fourth-order valence-corrected chi connectivity index (χ4v) is 1.32. The van der Waals surface area contributed by atoms with E-state index in [9.17, 15) is 4.79 Å². The first-order chi connectivity index (χ1) is 7.84. The van der Waals surface area contributed by atoms with E-state index in [-0.39, 0.29) is 5.78 Å². The summed E-state index contributed by atoms with van der Waals surface area (Å²) in [7, 11) is 0. The van der Waals surface area contributed by atoms with E-state index >= 15 is 0 Å². The molecule has 16 heavy (non-hydrogen) atoms. The molecule has 3 nitrogen and oxygen atoms in total. The fraction of sp³-hybridized carbons (Fsp3) is 0.0769. The predicted octanol–water partition coefficient (Wildman–Crippen LogP) is 2.50. The molecule has 2 aromatic heterocycles. The Morgan fingerprint density at radius 2 is 2.38 bits per heavy atom. The minimum Gasteiger partial charge on any atom is -0.472 e. The summed E-state index contributed by atoms with van der Waals surface area (Å²) in [5.74, 6) is 0.0465. The molecule has 0 saturated carbocycles. The third-order valence-corrected chi connectivity index (χ3v) is 2.10. The van der Waals surface area contributed by atoms with Gasteiger partial charge in [-0.3, -0.25) is 9.78 Å². The summed E-state index contributed by atoms with van der Waals surface area (Å²) in [6.07, 6.45) is 10.2. The van der Waals surface area contributed by atoms with Gasteiger partial charge in [-0.05, 0) is 35.4 Å². The number of ketones is 1. The SMILES string of the molecule is O=C(C=Cc1cccnc1)Cc1ccoc1. The summed E-state index contributed by atoms with van der Waals surface area (Å²) in [5.41, 5.74) is 1.81. The maximum Gasteiger partial charge on any atom is 0.160 e. The van der Waals surface area contributed by atoms with E-state index in [0.29, 0.717) is 6.42 Å². The van der Waals surface area contributed by atoms with Crippen LogP contribution < -0.4 is 0 Å². The van der Waals surface area contributed by atoms with Crippen LogP contribution in [0.3, 0.4) is 0 Å². The molecule has 3 heteroatoms. The Hall–Kier alpha value is -2.16. The van der Waals surface area contributed by atoms with Crippen molar-refractivity contribution in [3.8, 4) is 0 Å². The van der Waals surface area contributed by atoms with Crippen molar-refractivity contribution in [3.63, 3.8) is 0 Å². The zero-order chi connectivity index (χ0) is 11.2. The van der Waals surface area contributed by atoms with Crippen molar-refractivity contribution in [2.75, 3.05) is 0 Å². The molecule has 2 rings (SSSR count). The highest BCUT2D eigenvalue weighted by Crippen LogP contribution is 2.04. The monoisotopic (exact) mass is 213 g/mol. The number of aromatic nitrogens is 1. The Morgan fingerprint density at radius 1 is 1.44 bits per heavy atom. The van der Waals surface area contributed by atoms with Gasteiger partial charge in [-0.1, -0.05) is 6.07 Å². The number of furan rings is 1. The van der Waals surface area contributed by atoms with Crippen molar-refractivity contribution in [2.45, 2.75) is 6.42 Å². The first-order valence-electron chi connectivity index (χ1n) is 4.96. The van der Waals surface area contributed by atoms with Gasteiger partial charge in [-0.15, -0.1) is 0 Å². The predicted molar refractivity (Wildman–Crippen MR) is 60.7 cm³/mol. The molecule has 0 atom stereocenters. The van der Waals surface area contributed by atoms with Crippen molar-refractivity contribution < 1.29 is 9.21 Å². The van der Waals surface area contributed by atoms with Gasteiger partial charge in [0.15, 0.2) is 5.78 Å². The van der Waals surface area contributed by atoms with E-state index < -0.39 is 0 Å². The summed E-state index contributed by atoms with van der Waals surface area (Å²) in [6, 6.07) is 5.52. The van der Waals surface area contributed by atoms with Gasteiger partial charge in [-0.2, -0.15) is 0 Å². The van der Waals surface area contributed by atoms with E-state index in [1.165, 1.54) is 0 Å². The number of hydrogen-bond donors (Lipinski definition) is 0. The van der Waals surface area contributed by atoms with E-state index in [1.807, 2.05) is 12.1 Å². The van der Waals surface area contributed by atoms with Gasteiger partial charge >= 0.3 is 0 Å². The van der Waals surface area contributed by atoms with Crippen molar-refractivity contribution in [1.29, 1.82) is 0 Å². The van der Waals surface area contributed by atoms with Gasteiger partial charge < -0.3 is 4.42 Å². The normalized spacial score (nSPS) is 10.8. The smallest absolute Gasteiger partial charge is 0.160 e. The molecular formula is C13H11NO2. The number of pyridine rings is 1. The number of hydrogen-bond acceptors (Lipinski definition) is 3. The summed E-state index contributed by atoms with van der Waals surface area (Å²) >= 11 is 0. The van der Waals surface area contributed by atoms with Crippen LogP contribution >= 0.6 is 0 Å². The number of rotatable bonds is 4. The summed E-state index contributed by atoms with van der Waals surface area (Å²) in [6.45, 7) is 0. The molecule has 0 aliphatic rings. The zero-order valence-electron chi connectivity index (χ0n) is 8.67. The Bertz CT molecular complexity index is 472. The first-order valence-corrected chi connectivity index (χ1v) is 4.96. The molecule has 2 aromatic rings. The highest BCUT2D eigenvalue weighted by atomic mass is 16.3. The molecule has 0 aliphatic heterocycles. The minimum atomic E-state index is 0.0465. The largest absolute Gasteiger partial charge is 0.472 e. The molecule has 0 amide bonds. The number of nitrogens with zero attached hydrogens (tertiary/aromatic N) is 1. The second-order valence-corrected chi connectivity index (χ2v) is 3.39. The van der Waals surface area contributed by atoms with E-state index in [2.05, 4.69) is 4.98 Å². The maximum absolute atomic E-state index is 11.5. The van der Waals surface area contributed by atoms with Crippen LogP contribution in [-0.2, 0) is 11.2 Å². The molecule has 2 heterocycles. The lowest BCUT2D eigenvalue weighted by Gasteiger charge is -1.92. The molecule has 0 aromatic carbocycles. The second kappa shape index (κ2) is 5.07. The second-order valence-electron chi connectivity index (χ2n) is 3.39. The van der Waals surface area contributed by atoms with Gasteiger partial charge in [0.05, 0.1) is 12.5 Å². The Morgan fingerprint density at radius 3 is 3.06 bits per heavy atom. The van der Waals surface area contributed by atoms with Crippen LogP contribution in [-0.4, -0.2) is 10.8 Å². The molecule has 0 fully saturated rings. The van der Waals surface area contributed by atoms with Crippen LogP contribution in [0.5, 0.6) is 0 Å². The number of allylic oxidation sites excluding steroid dienone is 1. The summed E-state index contributed by atoms with van der Waals surface area (Å²) in [5, 5.41) is 0. The maximum atomic E-state index is 11.5. The van der Waals surface area contributed by atoms with E-state index in [1.54, 1.807) is 43.1 Å². The topological polar surface area (TPSA) is 43.1 Å². The Balaban J connectivity index is 1.95. The third kappa shape index (κ3) is 2.92. The molecule has 0 radical (unpaired) electrons. The summed E-state index contributed by atoms with van der Waals surface area (Å²) < 4.78 is 4.89. The van der Waals surface area contributed by atoms with Crippen LogP contribution in [0.1, 0.15) is 11.1 Å². The average Bonchev–Trinajstić information content (AvgIpc) is 2.81. The highest BCUT2D eigenvalue weighted by molar-refractivity contribution is 5.94. The van der Waals surface area contributed by atoms with Crippen molar-refractivity contribution in [3.05, 3.63) is 60.3 Å². The minimum absolute atomic E-state index is 0.0465. The van der Waals surface area contributed by atoms with Crippen molar-refractivity contribution >= 4 is 11.9 Å². The average molecular weight is 213 g/mol. The molecule has 0 saturated heterocycles. The first kappa shape index (κ1) is 10.4. The standard InChI is InChI=1S/C13H11NO2/c15-13(8-12-5-7-16-10-12)4-3-11-2-1-6-14-9-11/h1-7,9-10H,8H2. The van der Waals surface area contributed by atoms with Crippen LogP contribution in [0.15, 0.2) is 53.6 Å². The molecule has 0 spiro atoms. The van der Waals surface area contributed by atoms with Crippen molar-refractivity contribution in [2.24, 2.45) is 0 Å². The van der Waals surface area contributed by atoms with E-state index in [0.717, 1.165) is 11.1 Å². The Labute approximate surface area is 93.4 Å². The highest BCUT2D eigenvalue weighted by Gasteiger charge is 2.00. The molecule has 0 bridgehead atoms. The van der Waals surface area contributed by atoms with Gasteiger partial charge in [0.2, 0.25) is 0 Å². The molecule has 0 aliphatic carbocycles. The van der Waals surface area contributed by atoms with Crippen LogP contribution in [0.4, 0.5) is 0 Å². The molecule has 0 unspecified atom stereocenters. The Kier molecular flexibility index (Phi) is 3.28. The molecule has 80 valence electrons.